The van der Waals surface area contributed by atoms with Gasteiger partial charge in [-0.15, -0.1) is 11.3 Å². The highest BCUT2D eigenvalue weighted by Gasteiger charge is 2.22. The first-order valence-electron chi connectivity index (χ1n) is 9.17. The van der Waals surface area contributed by atoms with E-state index in [1.165, 1.54) is 16.9 Å². The molecule has 4 rings (SSSR count). The number of aryl methyl sites for hydroxylation is 1. The molecular formula is C20H24N4OS. The monoisotopic (exact) mass is 368 g/mol. The number of nitrogens with zero attached hydrogens (tertiary/aromatic N) is 2. The van der Waals surface area contributed by atoms with Gasteiger partial charge in [0.25, 0.3) is 5.91 Å². The van der Waals surface area contributed by atoms with Gasteiger partial charge in [0, 0.05) is 17.5 Å². The quantitative estimate of drug-likeness (QED) is 0.741. The first-order valence-corrected chi connectivity index (χ1v) is 9.99. The highest BCUT2D eigenvalue weighted by Crippen LogP contribution is 2.29. The topological polar surface area (TPSA) is 72.9 Å². The van der Waals surface area contributed by atoms with Gasteiger partial charge in [-0.3, -0.25) is 9.48 Å². The van der Waals surface area contributed by atoms with Crippen LogP contribution in [0.5, 0.6) is 0 Å². The molecule has 6 heteroatoms. The molecule has 5 nitrogen and oxygen atoms in total. The summed E-state index contributed by atoms with van der Waals surface area (Å²) in [5.41, 5.74) is 8.12. The number of hydrogen-bond acceptors (Lipinski definition) is 4. The molecule has 2 aromatic heterocycles. The Labute approximate surface area is 157 Å². The Bertz CT molecular complexity index is 907. The molecule has 0 atom stereocenters. The summed E-state index contributed by atoms with van der Waals surface area (Å²) in [4.78, 5) is 14.5. The van der Waals surface area contributed by atoms with Gasteiger partial charge in [0.05, 0.1) is 17.1 Å². The molecule has 3 N–H and O–H groups in total. The molecule has 1 amide bonds. The molecule has 1 aliphatic rings. The van der Waals surface area contributed by atoms with Gasteiger partial charge in [0.15, 0.2) is 0 Å². The van der Waals surface area contributed by atoms with Gasteiger partial charge in [-0.2, -0.15) is 5.10 Å². The second kappa shape index (κ2) is 7.21. The number of amides is 1. The van der Waals surface area contributed by atoms with E-state index >= 15 is 0 Å². The summed E-state index contributed by atoms with van der Waals surface area (Å²) in [6.45, 7) is 2.72. The zero-order valence-corrected chi connectivity index (χ0v) is 15.8. The van der Waals surface area contributed by atoms with E-state index in [1.54, 1.807) is 0 Å². The Kier molecular flexibility index (Phi) is 4.78. The third-order valence-electron chi connectivity index (χ3n) is 5.11. The van der Waals surface area contributed by atoms with Gasteiger partial charge in [-0.25, -0.2) is 0 Å². The van der Waals surface area contributed by atoms with E-state index in [-0.39, 0.29) is 11.9 Å². The molecule has 0 spiro atoms. The normalized spacial score (nSPS) is 20.4. The number of fused-ring (bicyclic) bond motifs is 1. The summed E-state index contributed by atoms with van der Waals surface area (Å²) < 4.78 is 2.00. The predicted molar refractivity (Wildman–Crippen MR) is 106 cm³/mol. The van der Waals surface area contributed by atoms with Crippen molar-refractivity contribution < 1.29 is 4.79 Å². The first kappa shape index (κ1) is 17.2. The standard InChI is InChI=1S/C20H24N4OS/c1-13-17-11-18(19(25)22-16-9-7-15(21)8-10-16)26-20(17)24(23-13)12-14-5-3-2-4-6-14/h2-6,11,15-16H,7-10,12,21H2,1H3,(H,22,25). The van der Waals surface area contributed by atoms with Crippen LogP contribution in [0.15, 0.2) is 36.4 Å². The van der Waals surface area contributed by atoms with Gasteiger partial charge >= 0.3 is 0 Å². The van der Waals surface area contributed by atoms with E-state index in [9.17, 15) is 4.79 Å². The second-order valence-electron chi connectivity index (χ2n) is 7.14. The van der Waals surface area contributed by atoms with Crippen molar-refractivity contribution in [2.24, 2.45) is 5.73 Å². The van der Waals surface area contributed by atoms with Crippen LogP contribution < -0.4 is 11.1 Å². The number of carbonyl (C=O) groups is 1. The molecule has 1 saturated carbocycles. The highest BCUT2D eigenvalue weighted by atomic mass is 32.1. The summed E-state index contributed by atoms with van der Waals surface area (Å²) in [5.74, 6) is 0.0253. The van der Waals surface area contributed by atoms with Crippen molar-refractivity contribution in [3.63, 3.8) is 0 Å². The van der Waals surface area contributed by atoms with Crippen molar-refractivity contribution in [1.82, 2.24) is 15.1 Å². The molecule has 1 aromatic carbocycles. The molecule has 1 fully saturated rings. The lowest BCUT2D eigenvalue weighted by atomic mass is 9.92. The van der Waals surface area contributed by atoms with Crippen LogP contribution in [0, 0.1) is 6.92 Å². The maximum atomic E-state index is 12.7. The number of aromatic nitrogens is 2. The van der Waals surface area contributed by atoms with Crippen molar-refractivity contribution in [2.45, 2.75) is 51.2 Å². The number of thiophene rings is 1. The van der Waals surface area contributed by atoms with Gasteiger partial charge in [-0.05, 0) is 44.2 Å². The average molecular weight is 369 g/mol. The predicted octanol–water partition coefficient (Wildman–Crippen LogP) is 3.45. The fourth-order valence-electron chi connectivity index (χ4n) is 3.61. The largest absolute Gasteiger partial charge is 0.349 e. The van der Waals surface area contributed by atoms with Crippen LogP contribution in [0.1, 0.15) is 46.6 Å². The minimum absolute atomic E-state index is 0.0253. The summed E-state index contributed by atoms with van der Waals surface area (Å²) in [6, 6.07) is 12.8. The van der Waals surface area contributed by atoms with Crippen molar-refractivity contribution in [1.29, 1.82) is 0 Å². The minimum Gasteiger partial charge on any atom is -0.349 e. The van der Waals surface area contributed by atoms with Gasteiger partial charge in [0.2, 0.25) is 0 Å². The fourth-order valence-corrected chi connectivity index (χ4v) is 4.67. The summed E-state index contributed by atoms with van der Waals surface area (Å²) in [7, 11) is 0. The third-order valence-corrected chi connectivity index (χ3v) is 6.26. The second-order valence-corrected chi connectivity index (χ2v) is 8.17. The minimum atomic E-state index is 0.0253. The summed E-state index contributed by atoms with van der Waals surface area (Å²) in [5, 5.41) is 8.90. The van der Waals surface area contributed by atoms with E-state index < -0.39 is 0 Å². The molecule has 0 radical (unpaired) electrons. The molecule has 136 valence electrons. The molecular weight excluding hydrogens is 344 g/mol. The van der Waals surface area contributed by atoms with Crippen LogP contribution in [0.2, 0.25) is 0 Å². The number of rotatable bonds is 4. The van der Waals surface area contributed by atoms with Crippen LogP contribution in [0.25, 0.3) is 10.2 Å². The van der Waals surface area contributed by atoms with Crippen molar-refractivity contribution >= 4 is 27.5 Å². The fraction of sp³-hybridized carbons (Fsp3) is 0.400. The zero-order chi connectivity index (χ0) is 18.1. The Morgan fingerprint density at radius 2 is 2.00 bits per heavy atom. The zero-order valence-electron chi connectivity index (χ0n) is 14.9. The van der Waals surface area contributed by atoms with Gasteiger partial charge < -0.3 is 11.1 Å². The molecule has 0 unspecified atom stereocenters. The number of carbonyl (C=O) groups excluding carboxylic acids is 1. The van der Waals surface area contributed by atoms with E-state index in [0.29, 0.717) is 12.6 Å². The number of benzene rings is 1. The Morgan fingerprint density at radius 1 is 1.27 bits per heavy atom. The SMILES string of the molecule is Cc1nn(Cc2ccccc2)c2sc(C(=O)NC3CCC(N)CC3)cc12. The molecule has 0 saturated heterocycles. The van der Waals surface area contributed by atoms with E-state index in [1.807, 2.05) is 35.9 Å². The maximum Gasteiger partial charge on any atom is 0.261 e. The van der Waals surface area contributed by atoms with Crippen LogP contribution in [-0.4, -0.2) is 27.8 Å². The summed E-state index contributed by atoms with van der Waals surface area (Å²) >= 11 is 1.52. The lowest BCUT2D eigenvalue weighted by Gasteiger charge is -2.26. The number of nitrogens with one attached hydrogen (secondary N) is 1. The van der Waals surface area contributed by atoms with E-state index in [0.717, 1.165) is 46.5 Å². The van der Waals surface area contributed by atoms with Crippen molar-refractivity contribution in [3.8, 4) is 0 Å². The van der Waals surface area contributed by atoms with Crippen LogP contribution in [0.4, 0.5) is 0 Å². The molecule has 1 aliphatic carbocycles. The smallest absolute Gasteiger partial charge is 0.261 e. The highest BCUT2D eigenvalue weighted by molar-refractivity contribution is 7.20. The third kappa shape index (κ3) is 3.52. The van der Waals surface area contributed by atoms with Crippen molar-refractivity contribution in [2.75, 3.05) is 0 Å². The lowest BCUT2D eigenvalue weighted by Crippen LogP contribution is -2.40. The number of nitrogens with two attached hydrogens (primary N) is 1. The first-order chi connectivity index (χ1) is 12.6. The van der Waals surface area contributed by atoms with Crippen molar-refractivity contribution in [3.05, 3.63) is 52.5 Å². The van der Waals surface area contributed by atoms with Crippen LogP contribution in [0.3, 0.4) is 0 Å². The average Bonchev–Trinajstić information content (AvgIpc) is 3.20. The molecule has 0 bridgehead atoms. The Morgan fingerprint density at radius 3 is 2.73 bits per heavy atom. The molecule has 3 aromatic rings. The Balaban J connectivity index is 1.53. The van der Waals surface area contributed by atoms with E-state index in [4.69, 9.17) is 5.73 Å². The van der Waals surface area contributed by atoms with Gasteiger partial charge in [0.1, 0.15) is 4.83 Å². The lowest BCUT2D eigenvalue weighted by molar-refractivity contribution is 0.0930. The molecule has 2 heterocycles. The Hall–Kier alpha value is -2.18. The number of hydrogen-bond donors (Lipinski definition) is 2. The molecule has 0 aliphatic heterocycles. The van der Waals surface area contributed by atoms with Gasteiger partial charge in [-0.1, -0.05) is 30.3 Å². The summed E-state index contributed by atoms with van der Waals surface area (Å²) in [6.07, 6.45) is 3.92. The van der Waals surface area contributed by atoms with Crippen LogP contribution >= 0.6 is 11.3 Å². The maximum absolute atomic E-state index is 12.7. The van der Waals surface area contributed by atoms with Crippen LogP contribution in [-0.2, 0) is 6.54 Å². The van der Waals surface area contributed by atoms with E-state index in [2.05, 4.69) is 22.5 Å². The molecule has 26 heavy (non-hydrogen) atoms.